The molecule has 1 N–H and O–H groups in total. The van der Waals surface area contributed by atoms with E-state index in [2.05, 4.69) is 26.3 Å². The zero-order valence-electron chi connectivity index (χ0n) is 18.5. The number of anilines is 2. The van der Waals surface area contributed by atoms with Crippen LogP contribution in [0.15, 0.2) is 48.8 Å². The first-order valence-electron chi connectivity index (χ1n) is 10.9. The van der Waals surface area contributed by atoms with Crippen LogP contribution in [0.2, 0.25) is 0 Å². The van der Waals surface area contributed by atoms with Crippen molar-refractivity contribution in [3.05, 3.63) is 54.4 Å². The highest BCUT2D eigenvalue weighted by molar-refractivity contribution is 5.91. The van der Waals surface area contributed by atoms with E-state index in [0.717, 1.165) is 28.9 Å². The van der Waals surface area contributed by atoms with Crippen molar-refractivity contribution in [3.63, 3.8) is 0 Å². The number of nitrogens with zero attached hydrogens (tertiary/aromatic N) is 5. The maximum absolute atomic E-state index is 12.6. The van der Waals surface area contributed by atoms with Gasteiger partial charge >= 0.3 is 6.03 Å². The van der Waals surface area contributed by atoms with E-state index in [0.29, 0.717) is 50.6 Å². The van der Waals surface area contributed by atoms with Gasteiger partial charge in [0.2, 0.25) is 0 Å². The van der Waals surface area contributed by atoms with E-state index >= 15 is 0 Å². The molecule has 33 heavy (non-hydrogen) atoms. The van der Waals surface area contributed by atoms with Gasteiger partial charge in [-0.1, -0.05) is 0 Å². The first-order chi connectivity index (χ1) is 16.2. The molecule has 0 aliphatic carbocycles. The molecular formula is C24H26N6O3. The van der Waals surface area contributed by atoms with Gasteiger partial charge < -0.3 is 24.6 Å². The van der Waals surface area contributed by atoms with Crippen molar-refractivity contribution >= 4 is 28.4 Å². The third kappa shape index (κ3) is 5.48. The van der Waals surface area contributed by atoms with Crippen molar-refractivity contribution < 1.29 is 14.3 Å². The number of benzene rings is 2. The first-order valence-corrected chi connectivity index (χ1v) is 10.9. The molecule has 2 aromatic carbocycles. The second kappa shape index (κ2) is 10.6. The third-order valence-corrected chi connectivity index (χ3v) is 5.48. The quantitative estimate of drug-likeness (QED) is 0.556. The molecular weight excluding hydrogens is 420 g/mol. The van der Waals surface area contributed by atoms with Gasteiger partial charge in [-0.15, -0.1) is 0 Å². The molecule has 0 atom stereocenters. The number of carbonyl (C=O) groups is 1. The van der Waals surface area contributed by atoms with Crippen molar-refractivity contribution in [3.8, 4) is 11.8 Å². The topological polar surface area (TPSA) is 104 Å². The summed E-state index contributed by atoms with van der Waals surface area (Å²) in [5, 5.41) is 12.7. The maximum atomic E-state index is 12.6. The number of methoxy groups -OCH3 is 1. The Morgan fingerprint density at radius 2 is 1.88 bits per heavy atom. The lowest BCUT2D eigenvalue weighted by atomic mass is 10.2. The highest BCUT2D eigenvalue weighted by Gasteiger charge is 2.23. The molecule has 2 amide bonds. The van der Waals surface area contributed by atoms with Crippen LogP contribution < -0.4 is 15.0 Å². The van der Waals surface area contributed by atoms with Crippen LogP contribution in [0.5, 0.6) is 5.75 Å². The average molecular weight is 447 g/mol. The fraction of sp³-hybridized carbons (Fsp3) is 0.333. The molecule has 1 aliphatic heterocycles. The van der Waals surface area contributed by atoms with Gasteiger partial charge in [0.15, 0.2) is 0 Å². The number of nitrogens with one attached hydrogen (secondary N) is 1. The summed E-state index contributed by atoms with van der Waals surface area (Å²) in [4.78, 5) is 25.5. The summed E-state index contributed by atoms with van der Waals surface area (Å²) < 4.78 is 10.8. The number of urea groups is 1. The van der Waals surface area contributed by atoms with E-state index in [1.54, 1.807) is 42.6 Å². The van der Waals surface area contributed by atoms with Crippen LogP contribution in [0.25, 0.3) is 10.9 Å². The summed E-state index contributed by atoms with van der Waals surface area (Å²) in [6, 6.07) is 14.6. The summed E-state index contributed by atoms with van der Waals surface area (Å²) in [5.74, 6) is 1.63. The van der Waals surface area contributed by atoms with E-state index in [1.807, 2.05) is 18.2 Å². The van der Waals surface area contributed by atoms with Crippen molar-refractivity contribution in [2.45, 2.75) is 6.42 Å². The third-order valence-electron chi connectivity index (χ3n) is 5.48. The van der Waals surface area contributed by atoms with Gasteiger partial charge in [0.1, 0.15) is 17.9 Å². The molecule has 1 aliphatic rings. The van der Waals surface area contributed by atoms with Gasteiger partial charge in [-0.05, 0) is 36.4 Å². The summed E-state index contributed by atoms with van der Waals surface area (Å²) in [6.45, 7) is 3.74. The number of hydrogen-bond acceptors (Lipinski definition) is 7. The smallest absolute Gasteiger partial charge is 0.321 e. The Bertz CT molecular complexity index is 1140. The van der Waals surface area contributed by atoms with E-state index in [9.17, 15) is 4.79 Å². The molecule has 1 fully saturated rings. The number of hydrogen-bond donors (Lipinski definition) is 1. The lowest BCUT2D eigenvalue weighted by molar-refractivity contribution is 0.172. The Kier molecular flexibility index (Phi) is 7.17. The van der Waals surface area contributed by atoms with Crippen LogP contribution in [0.1, 0.15) is 12.0 Å². The highest BCUT2D eigenvalue weighted by Crippen LogP contribution is 2.27. The minimum atomic E-state index is -0.151. The molecule has 0 radical (unpaired) electrons. The molecule has 0 unspecified atom stereocenters. The monoisotopic (exact) mass is 446 g/mol. The number of nitriles is 1. The first kappa shape index (κ1) is 22.3. The summed E-state index contributed by atoms with van der Waals surface area (Å²) in [5.41, 5.74) is 2.05. The normalized spacial score (nSPS) is 13.6. The zero-order valence-corrected chi connectivity index (χ0v) is 18.5. The highest BCUT2D eigenvalue weighted by atomic mass is 16.5. The average Bonchev–Trinajstić information content (AvgIpc) is 2.86. The van der Waals surface area contributed by atoms with Gasteiger partial charge in [-0.2, -0.15) is 5.26 Å². The van der Waals surface area contributed by atoms with Crippen molar-refractivity contribution in [1.29, 1.82) is 5.26 Å². The summed E-state index contributed by atoms with van der Waals surface area (Å²) in [6.07, 6.45) is 2.39. The molecule has 9 heteroatoms. The minimum absolute atomic E-state index is 0.151. The van der Waals surface area contributed by atoms with E-state index in [1.165, 1.54) is 0 Å². The van der Waals surface area contributed by atoms with Crippen LogP contribution >= 0.6 is 0 Å². The molecule has 0 spiro atoms. The molecule has 2 heterocycles. The Labute approximate surface area is 192 Å². The van der Waals surface area contributed by atoms with E-state index < -0.39 is 0 Å². The van der Waals surface area contributed by atoms with E-state index in [4.69, 9.17) is 14.7 Å². The lowest BCUT2D eigenvalue weighted by Gasteiger charge is -2.35. The molecule has 3 aromatic rings. The fourth-order valence-corrected chi connectivity index (χ4v) is 3.71. The largest absolute Gasteiger partial charge is 0.493 e. The number of carbonyl (C=O) groups excluding carboxylic acids is 1. The van der Waals surface area contributed by atoms with Crippen LogP contribution in [0, 0.1) is 11.3 Å². The molecule has 4 rings (SSSR count). The van der Waals surface area contributed by atoms with Crippen LogP contribution in [0.4, 0.5) is 16.3 Å². The lowest BCUT2D eigenvalue weighted by Crippen LogP contribution is -2.50. The van der Waals surface area contributed by atoms with E-state index in [-0.39, 0.29) is 6.03 Å². The maximum Gasteiger partial charge on any atom is 0.321 e. The molecule has 1 aromatic heterocycles. The number of rotatable bonds is 7. The number of ether oxygens (including phenoxy) is 2. The van der Waals surface area contributed by atoms with Crippen molar-refractivity contribution in [2.24, 2.45) is 0 Å². The van der Waals surface area contributed by atoms with Crippen molar-refractivity contribution in [2.75, 3.05) is 56.7 Å². The standard InChI is InChI=1S/C24H26N6O3/c1-32-13-2-14-33-20-7-8-21-22(15-20)26-17-27-23(21)29-9-11-30(12-10-29)24(31)28-19-5-3-18(16-25)4-6-19/h3-8,15,17H,2,9-14H2,1H3,(H,28,31). The van der Waals surface area contributed by atoms with Crippen LogP contribution in [-0.4, -0.2) is 67.4 Å². The van der Waals surface area contributed by atoms with Crippen LogP contribution in [0.3, 0.4) is 0 Å². The Hall–Kier alpha value is -3.90. The minimum Gasteiger partial charge on any atom is -0.493 e. The summed E-state index contributed by atoms with van der Waals surface area (Å²) >= 11 is 0. The molecule has 0 bridgehead atoms. The number of piperazine rings is 1. The van der Waals surface area contributed by atoms with Gasteiger partial charge in [0.25, 0.3) is 0 Å². The molecule has 170 valence electrons. The number of fused-ring (bicyclic) bond motifs is 1. The predicted octanol–water partition coefficient (Wildman–Crippen LogP) is 3.27. The fourth-order valence-electron chi connectivity index (χ4n) is 3.71. The predicted molar refractivity (Wildman–Crippen MR) is 125 cm³/mol. The van der Waals surface area contributed by atoms with Gasteiger partial charge in [-0.25, -0.2) is 14.8 Å². The SMILES string of the molecule is COCCCOc1ccc2c(N3CCN(C(=O)Nc4ccc(C#N)cc4)CC3)ncnc2c1. The van der Waals surface area contributed by atoms with Crippen LogP contribution in [-0.2, 0) is 4.74 Å². The number of aromatic nitrogens is 2. The Morgan fingerprint density at radius 1 is 1.09 bits per heavy atom. The van der Waals surface area contributed by atoms with Gasteiger partial charge in [0.05, 0.1) is 23.8 Å². The second-order valence-electron chi connectivity index (χ2n) is 7.66. The van der Waals surface area contributed by atoms with Crippen molar-refractivity contribution in [1.82, 2.24) is 14.9 Å². The van der Waals surface area contributed by atoms with Gasteiger partial charge in [0, 0.05) is 63.5 Å². The Morgan fingerprint density at radius 3 is 2.61 bits per heavy atom. The molecule has 9 nitrogen and oxygen atoms in total. The molecule has 0 saturated carbocycles. The van der Waals surface area contributed by atoms with Gasteiger partial charge in [-0.3, -0.25) is 0 Å². The second-order valence-corrected chi connectivity index (χ2v) is 7.66. The Balaban J connectivity index is 1.37. The zero-order chi connectivity index (χ0) is 23.0. The summed E-state index contributed by atoms with van der Waals surface area (Å²) in [7, 11) is 1.68. The molecule has 1 saturated heterocycles. The number of amides is 2.